The van der Waals surface area contributed by atoms with E-state index < -0.39 is 0 Å². The highest BCUT2D eigenvalue weighted by Crippen LogP contribution is 2.49. The van der Waals surface area contributed by atoms with Crippen molar-refractivity contribution in [2.45, 2.75) is 130 Å². The summed E-state index contributed by atoms with van der Waals surface area (Å²) in [7, 11) is 0. The van der Waals surface area contributed by atoms with E-state index >= 15 is 0 Å². The number of hydrogen-bond acceptors (Lipinski definition) is 4. The van der Waals surface area contributed by atoms with Crippen LogP contribution in [0.1, 0.15) is 130 Å². The lowest BCUT2D eigenvalue weighted by molar-refractivity contribution is 0.296. The van der Waals surface area contributed by atoms with E-state index in [9.17, 15) is 0 Å². The van der Waals surface area contributed by atoms with E-state index in [-0.39, 0.29) is 0 Å². The summed E-state index contributed by atoms with van der Waals surface area (Å²) < 4.78 is 26.2. The van der Waals surface area contributed by atoms with Gasteiger partial charge in [-0.25, -0.2) is 0 Å². The zero-order valence-electron chi connectivity index (χ0n) is 27.2. The molecule has 0 unspecified atom stereocenters. The third-order valence-electron chi connectivity index (χ3n) is 8.00. The second kappa shape index (κ2) is 20.3. The van der Waals surface area contributed by atoms with Crippen LogP contribution in [0.3, 0.4) is 0 Å². The molecule has 0 amide bonds. The highest BCUT2D eigenvalue weighted by atomic mass is 16.5. The summed E-state index contributed by atoms with van der Waals surface area (Å²) >= 11 is 0. The summed E-state index contributed by atoms with van der Waals surface area (Å²) in [5.41, 5.74) is 0. The van der Waals surface area contributed by atoms with Crippen LogP contribution in [0.15, 0.2) is 36.4 Å². The summed E-state index contributed by atoms with van der Waals surface area (Å²) in [6.07, 6.45) is 19.1. The van der Waals surface area contributed by atoms with Gasteiger partial charge in [0.2, 0.25) is 0 Å². The minimum atomic E-state index is 0.672. The van der Waals surface area contributed by atoms with Crippen LogP contribution in [-0.4, -0.2) is 26.4 Å². The molecule has 0 saturated carbocycles. The molecule has 3 aromatic rings. The number of benzene rings is 3. The molecule has 0 saturated heterocycles. The molecule has 3 aromatic carbocycles. The Labute approximate surface area is 256 Å². The van der Waals surface area contributed by atoms with E-state index in [1.165, 1.54) is 64.2 Å². The van der Waals surface area contributed by atoms with Gasteiger partial charge in [0.25, 0.3) is 0 Å². The third-order valence-corrected chi connectivity index (χ3v) is 8.00. The molecule has 0 aliphatic heterocycles. The van der Waals surface area contributed by atoms with Gasteiger partial charge in [-0.15, -0.1) is 0 Å². The smallest absolute Gasteiger partial charge is 0.139 e. The topological polar surface area (TPSA) is 36.9 Å². The van der Waals surface area contributed by atoms with Crippen molar-refractivity contribution >= 4 is 21.5 Å². The maximum absolute atomic E-state index is 6.61. The second-order valence-corrected chi connectivity index (χ2v) is 11.7. The van der Waals surface area contributed by atoms with Gasteiger partial charge in [-0.2, -0.15) is 0 Å². The van der Waals surface area contributed by atoms with Crippen molar-refractivity contribution in [2.75, 3.05) is 26.4 Å². The predicted molar refractivity (Wildman–Crippen MR) is 180 cm³/mol. The largest absolute Gasteiger partial charge is 0.493 e. The molecule has 0 radical (unpaired) electrons. The predicted octanol–water partition coefficient (Wildman–Crippen LogP) is 11.8. The molecule has 234 valence electrons. The van der Waals surface area contributed by atoms with Crippen molar-refractivity contribution in [1.82, 2.24) is 0 Å². The van der Waals surface area contributed by atoms with Crippen LogP contribution < -0.4 is 18.9 Å². The molecule has 0 bridgehead atoms. The highest BCUT2D eigenvalue weighted by molar-refractivity contribution is 6.15. The van der Waals surface area contributed by atoms with Crippen molar-refractivity contribution in [3.05, 3.63) is 36.4 Å². The van der Waals surface area contributed by atoms with Crippen LogP contribution in [-0.2, 0) is 0 Å². The molecule has 0 spiro atoms. The molecule has 0 fully saturated rings. The van der Waals surface area contributed by atoms with Crippen LogP contribution >= 0.6 is 0 Å². The molecular weight excluding hydrogens is 520 g/mol. The Hall–Kier alpha value is -2.62. The van der Waals surface area contributed by atoms with Crippen molar-refractivity contribution in [3.63, 3.8) is 0 Å². The van der Waals surface area contributed by atoms with Gasteiger partial charge in [0.1, 0.15) is 23.0 Å². The Morgan fingerprint density at radius 1 is 0.381 bits per heavy atom. The number of unbranched alkanes of at least 4 members (excludes halogenated alkanes) is 12. The maximum Gasteiger partial charge on any atom is 0.139 e. The van der Waals surface area contributed by atoms with Crippen molar-refractivity contribution in [3.8, 4) is 23.0 Å². The zero-order valence-corrected chi connectivity index (χ0v) is 27.2. The van der Waals surface area contributed by atoms with Crippen LogP contribution in [0.25, 0.3) is 21.5 Å². The lowest BCUT2D eigenvalue weighted by Gasteiger charge is -2.21. The Balaban J connectivity index is 1.99. The average Bonchev–Trinajstić information content (AvgIpc) is 3.01. The van der Waals surface area contributed by atoms with Crippen LogP contribution in [0.2, 0.25) is 0 Å². The van der Waals surface area contributed by atoms with Crippen LogP contribution in [0.5, 0.6) is 23.0 Å². The van der Waals surface area contributed by atoms with Gasteiger partial charge in [-0.05, 0) is 37.8 Å². The number of hydrogen-bond donors (Lipinski definition) is 0. The fourth-order valence-corrected chi connectivity index (χ4v) is 5.49. The van der Waals surface area contributed by atoms with E-state index in [2.05, 4.69) is 64.1 Å². The van der Waals surface area contributed by atoms with Gasteiger partial charge in [0.15, 0.2) is 0 Å². The Morgan fingerprint density at radius 3 is 1.14 bits per heavy atom. The first-order valence-corrected chi connectivity index (χ1v) is 17.3. The average molecular weight is 579 g/mol. The standard InChI is InChI=1S/C38H58O4/c1-5-9-13-15-17-19-29-39-33-25-21-23-31-35(33)37(41-27-11-7-3)32-24-22-26-34(36(32)38(31)42-28-12-8-4)40-30-20-18-16-14-10-6-2/h21-26H,5-20,27-30H2,1-4H3. The lowest BCUT2D eigenvalue weighted by Crippen LogP contribution is -2.05. The summed E-state index contributed by atoms with van der Waals surface area (Å²) in [4.78, 5) is 0. The van der Waals surface area contributed by atoms with Gasteiger partial charge in [-0.3, -0.25) is 0 Å². The van der Waals surface area contributed by atoms with E-state index in [0.717, 1.165) is 83.1 Å². The second-order valence-electron chi connectivity index (χ2n) is 11.7. The highest BCUT2D eigenvalue weighted by Gasteiger charge is 2.22. The van der Waals surface area contributed by atoms with Crippen LogP contribution in [0.4, 0.5) is 0 Å². The van der Waals surface area contributed by atoms with E-state index in [4.69, 9.17) is 18.9 Å². The molecule has 0 heterocycles. The number of fused-ring (bicyclic) bond motifs is 2. The van der Waals surface area contributed by atoms with Gasteiger partial charge in [0, 0.05) is 10.8 Å². The van der Waals surface area contributed by atoms with E-state index in [1.54, 1.807) is 0 Å². The molecule has 42 heavy (non-hydrogen) atoms. The fourth-order valence-electron chi connectivity index (χ4n) is 5.49. The first-order chi connectivity index (χ1) is 20.8. The van der Waals surface area contributed by atoms with Crippen molar-refractivity contribution in [2.24, 2.45) is 0 Å². The first kappa shape index (κ1) is 33.9. The monoisotopic (exact) mass is 578 g/mol. The molecule has 0 aliphatic rings. The molecule has 3 rings (SSSR count). The zero-order chi connectivity index (χ0) is 29.8. The lowest BCUT2D eigenvalue weighted by atomic mass is 9.99. The van der Waals surface area contributed by atoms with Crippen LogP contribution in [0, 0.1) is 0 Å². The third kappa shape index (κ3) is 10.3. The molecule has 0 atom stereocenters. The Morgan fingerprint density at radius 2 is 0.738 bits per heavy atom. The van der Waals surface area contributed by atoms with Gasteiger partial charge in [-0.1, -0.05) is 129 Å². The normalized spacial score (nSPS) is 11.3. The minimum Gasteiger partial charge on any atom is -0.493 e. The summed E-state index contributed by atoms with van der Waals surface area (Å²) in [5, 5.41) is 4.13. The molecule has 0 aliphatic carbocycles. The fraction of sp³-hybridized carbons (Fsp3) is 0.632. The van der Waals surface area contributed by atoms with Gasteiger partial charge >= 0.3 is 0 Å². The van der Waals surface area contributed by atoms with E-state index in [0.29, 0.717) is 26.4 Å². The Kier molecular flexibility index (Phi) is 16.4. The molecule has 0 N–H and O–H groups in total. The van der Waals surface area contributed by atoms with Gasteiger partial charge in [0.05, 0.1) is 37.2 Å². The Bertz CT molecular complexity index is 1060. The van der Waals surface area contributed by atoms with Gasteiger partial charge < -0.3 is 18.9 Å². The summed E-state index contributed by atoms with van der Waals surface area (Å²) in [6.45, 7) is 11.7. The molecule has 4 nitrogen and oxygen atoms in total. The quantitative estimate of drug-likeness (QED) is 0.0782. The number of ether oxygens (including phenoxy) is 4. The van der Waals surface area contributed by atoms with Crippen molar-refractivity contribution < 1.29 is 18.9 Å². The molecule has 0 aromatic heterocycles. The SMILES string of the molecule is CCCCCCCCOc1cccc2c(OCCCC)c3c(OCCCCCCCC)cccc3c(OCCCC)c12. The molecule has 4 heteroatoms. The minimum absolute atomic E-state index is 0.672. The number of rotatable bonds is 24. The van der Waals surface area contributed by atoms with Crippen molar-refractivity contribution in [1.29, 1.82) is 0 Å². The van der Waals surface area contributed by atoms with E-state index in [1.807, 2.05) is 0 Å². The first-order valence-electron chi connectivity index (χ1n) is 17.3. The molecular formula is C38H58O4. The maximum atomic E-state index is 6.61. The summed E-state index contributed by atoms with van der Waals surface area (Å²) in [5.74, 6) is 3.54. The summed E-state index contributed by atoms with van der Waals surface area (Å²) in [6, 6.07) is 12.7.